The van der Waals surface area contributed by atoms with Crippen molar-refractivity contribution in [1.29, 1.82) is 0 Å². The van der Waals surface area contributed by atoms with E-state index in [1.165, 1.54) is 104 Å². The number of aryl methyl sites for hydroxylation is 2. The highest BCUT2D eigenvalue weighted by molar-refractivity contribution is 7.00. The topological polar surface area (TPSA) is 19.6 Å². The van der Waals surface area contributed by atoms with Gasteiger partial charge in [0.05, 0.1) is 16.6 Å². The van der Waals surface area contributed by atoms with Crippen molar-refractivity contribution in [2.45, 2.75) is 117 Å². The Kier molecular flexibility index (Phi) is 6.30. The van der Waals surface area contributed by atoms with Crippen molar-refractivity contribution in [3.8, 4) is 0 Å². The van der Waals surface area contributed by atoms with E-state index in [-0.39, 0.29) is 28.5 Å². The number of hydrogen-bond acceptors (Lipinski definition) is 3. The Morgan fingerprint density at radius 3 is 2.15 bits per heavy atom. The summed E-state index contributed by atoms with van der Waals surface area (Å²) in [6, 6.07) is 30.7. The molecule has 10 rings (SSSR count). The van der Waals surface area contributed by atoms with E-state index < -0.39 is 0 Å². The Hall–Kier alpha value is -4.44. The lowest BCUT2D eigenvalue weighted by molar-refractivity contribution is 0.195. The van der Waals surface area contributed by atoms with Crippen molar-refractivity contribution in [3.63, 3.8) is 0 Å². The van der Waals surface area contributed by atoms with Crippen molar-refractivity contribution in [3.05, 3.63) is 107 Å². The Morgan fingerprint density at radius 2 is 1.40 bits per heavy atom. The molecular weight excluding hydrogens is 631 g/mol. The van der Waals surface area contributed by atoms with E-state index in [2.05, 4.69) is 158 Å². The second-order valence-electron chi connectivity index (χ2n) is 19.1. The van der Waals surface area contributed by atoms with Crippen LogP contribution >= 0.6 is 0 Å². The molecule has 5 aromatic carbocycles. The maximum Gasteiger partial charge on any atom is 0.252 e. The summed E-state index contributed by atoms with van der Waals surface area (Å²) in [7, 11) is 0. The van der Waals surface area contributed by atoms with Gasteiger partial charge < -0.3 is 14.2 Å². The van der Waals surface area contributed by atoms with Crippen LogP contribution in [-0.4, -0.2) is 12.3 Å². The normalized spacial score (nSPS) is 21.8. The fraction of sp³-hybridized carbons (Fsp3) is 0.375. The molecule has 4 heterocycles. The average molecular weight is 683 g/mol. The summed E-state index contributed by atoms with van der Waals surface area (Å²) in [5.41, 5.74) is 20.0. The SMILES string of the molecule is Cc1cc2c3c(c1)N1c4c(cc(C(C)(C)C)cc4C4(C)CCCCC14C)B3c1ccc3oc4ccccc4c3c1N2c1ccc(C(C)(C)C)cc1C. The number of hydrogen-bond donors (Lipinski definition) is 0. The lowest BCUT2D eigenvalue weighted by Gasteiger charge is -2.53. The molecule has 1 saturated carbocycles. The van der Waals surface area contributed by atoms with E-state index in [9.17, 15) is 0 Å². The molecule has 0 amide bonds. The maximum atomic E-state index is 6.65. The summed E-state index contributed by atoms with van der Waals surface area (Å²) >= 11 is 0. The number of benzene rings is 5. The van der Waals surface area contributed by atoms with E-state index in [0.29, 0.717) is 0 Å². The predicted octanol–water partition coefficient (Wildman–Crippen LogP) is 11.2. The molecule has 2 unspecified atom stereocenters. The molecule has 4 heteroatoms. The Morgan fingerprint density at radius 1 is 0.673 bits per heavy atom. The second-order valence-corrected chi connectivity index (χ2v) is 19.1. The monoisotopic (exact) mass is 682 g/mol. The number of rotatable bonds is 1. The minimum absolute atomic E-state index is 0.00846. The van der Waals surface area contributed by atoms with Crippen LogP contribution in [0.5, 0.6) is 0 Å². The van der Waals surface area contributed by atoms with Gasteiger partial charge in [-0.2, -0.15) is 0 Å². The van der Waals surface area contributed by atoms with Gasteiger partial charge in [0.25, 0.3) is 6.71 Å². The lowest BCUT2D eigenvalue weighted by atomic mass is 9.33. The molecule has 1 aliphatic carbocycles. The van der Waals surface area contributed by atoms with Gasteiger partial charge in [0.2, 0.25) is 0 Å². The van der Waals surface area contributed by atoms with Gasteiger partial charge in [0.1, 0.15) is 11.2 Å². The summed E-state index contributed by atoms with van der Waals surface area (Å²) in [4.78, 5) is 5.48. The van der Waals surface area contributed by atoms with Crippen molar-refractivity contribution in [2.75, 3.05) is 9.80 Å². The first-order valence-corrected chi connectivity index (χ1v) is 19.6. The van der Waals surface area contributed by atoms with Gasteiger partial charge in [0, 0.05) is 33.6 Å². The summed E-state index contributed by atoms with van der Waals surface area (Å²) in [6.45, 7) is 24.0. The van der Waals surface area contributed by atoms with Gasteiger partial charge >= 0.3 is 0 Å². The zero-order chi connectivity index (χ0) is 36.3. The zero-order valence-electron chi connectivity index (χ0n) is 32.7. The van der Waals surface area contributed by atoms with Gasteiger partial charge in [-0.25, -0.2) is 0 Å². The smallest absolute Gasteiger partial charge is 0.252 e. The van der Waals surface area contributed by atoms with Gasteiger partial charge in [-0.1, -0.05) is 110 Å². The van der Waals surface area contributed by atoms with Crippen LogP contribution in [0.15, 0.2) is 83.3 Å². The van der Waals surface area contributed by atoms with Gasteiger partial charge in [-0.05, 0) is 119 Å². The molecule has 52 heavy (non-hydrogen) atoms. The first-order chi connectivity index (χ1) is 24.6. The molecule has 1 fully saturated rings. The third-order valence-corrected chi connectivity index (χ3v) is 13.8. The highest BCUT2D eigenvalue weighted by Crippen LogP contribution is 2.62. The zero-order valence-corrected chi connectivity index (χ0v) is 32.7. The highest BCUT2D eigenvalue weighted by atomic mass is 16.3. The molecule has 3 aliphatic heterocycles. The predicted molar refractivity (Wildman–Crippen MR) is 223 cm³/mol. The van der Waals surface area contributed by atoms with Gasteiger partial charge in [-0.3, -0.25) is 0 Å². The number of furan rings is 1. The number of fused-ring (bicyclic) bond motifs is 11. The van der Waals surface area contributed by atoms with Crippen LogP contribution < -0.4 is 26.2 Å². The fourth-order valence-corrected chi connectivity index (χ4v) is 10.8. The first-order valence-electron chi connectivity index (χ1n) is 19.6. The molecule has 1 aromatic heterocycles. The molecule has 0 bridgehead atoms. The van der Waals surface area contributed by atoms with Crippen LogP contribution in [-0.2, 0) is 16.2 Å². The van der Waals surface area contributed by atoms with Crippen LogP contribution in [0.2, 0.25) is 0 Å². The van der Waals surface area contributed by atoms with Gasteiger partial charge in [-0.15, -0.1) is 0 Å². The van der Waals surface area contributed by atoms with E-state index in [1.54, 1.807) is 5.56 Å². The Balaban J connectivity index is 1.38. The summed E-state index contributed by atoms with van der Waals surface area (Å²) in [5, 5.41) is 2.39. The summed E-state index contributed by atoms with van der Waals surface area (Å²) < 4.78 is 6.65. The largest absolute Gasteiger partial charge is 0.456 e. The molecule has 0 radical (unpaired) electrons. The minimum Gasteiger partial charge on any atom is -0.456 e. The molecule has 0 saturated heterocycles. The first kappa shape index (κ1) is 32.2. The lowest BCUT2D eigenvalue weighted by Crippen LogP contribution is -2.64. The second kappa shape index (κ2) is 10.2. The number of anilines is 5. The molecule has 6 aromatic rings. The standard InChI is InChI=1S/C48H51BN2O/c1-28-23-37-42-38(24-28)51-43-33(47(9)21-13-14-22-48(47,51)10)26-31(46(6,7)8)27-35(43)49(42)34-18-20-40-41(32-15-11-12-16-39(32)52-40)44(34)50(37)36-19-17-30(25-29(36)2)45(3,4)5/h11-12,15-20,23-27H,13-14,21-22H2,1-10H3. The van der Waals surface area contributed by atoms with Crippen LogP contribution in [0, 0.1) is 13.8 Å². The summed E-state index contributed by atoms with van der Waals surface area (Å²) in [6.07, 6.45) is 4.98. The highest BCUT2D eigenvalue weighted by Gasteiger charge is 2.61. The van der Waals surface area contributed by atoms with Crippen LogP contribution in [0.4, 0.5) is 28.4 Å². The van der Waals surface area contributed by atoms with Crippen molar-refractivity contribution >= 4 is 73.5 Å². The van der Waals surface area contributed by atoms with Crippen LogP contribution in [0.3, 0.4) is 0 Å². The third kappa shape index (κ3) is 3.99. The molecule has 0 N–H and O–H groups in total. The number of para-hydroxylation sites is 1. The summed E-state index contributed by atoms with van der Waals surface area (Å²) in [5.74, 6) is 0. The average Bonchev–Trinajstić information content (AvgIpc) is 3.56. The van der Waals surface area contributed by atoms with E-state index in [0.717, 1.165) is 11.2 Å². The molecule has 3 nitrogen and oxygen atoms in total. The van der Waals surface area contributed by atoms with E-state index in [4.69, 9.17) is 4.42 Å². The van der Waals surface area contributed by atoms with E-state index >= 15 is 0 Å². The quantitative estimate of drug-likeness (QED) is 0.161. The molecular formula is C48H51BN2O. The molecule has 4 aliphatic rings. The molecule has 0 spiro atoms. The number of nitrogens with zero attached hydrogens (tertiary/aromatic N) is 2. The molecule has 2 atom stereocenters. The van der Waals surface area contributed by atoms with Crippen molar-refractivity contribution in [1.82, 2.24) is 0 Å². The third-order valence-electron chi connectivity index (χ3n) is 13.8. The van der Waals surface area contributed by atoms with Crippen molar-refractivity contribution in [2.24, 2.45) is 0 Å². The maximum absolute atomic E-state index is 6.65. The van der Waals surface area contributed by atoms with Gasteiger partial charge in [0.15, 0.2) is 0 Å². The van der Waals surface area contributed by atoms with Crippen LogP contribution in [0.1, 0.15) is 109 Å². The minimum atomic E-state index is -0.00846. The van der Waals surface area contributed by atoms with Crippen LogP contribution in [0.25, 0.3) is 21.9 Å². The van der Waals surface area contributed by atoms with Crippen molar-refractivity contribution < 1.29 is 4.42 Å². The Labute approximate surface area is 310 Å². The molecule has 262 valence electrons. The van der Waals surface area contributed by atoms with E-state index in [1.807, 2.05) is 0 Å². The Bertz CT molecular complexity index is 2530. The fourth-order valence-electron chi connectivity index (χ4n) is 10.8.